The molecule has 0 atom stereocenters. The van der Waals surface area contributed by atoms with Crippen LogP contribution in [0.4, 0.5) is 0 Å². The van der Waals surface area contributed by atoms with E-state index in [-0.39, 0.29) is 7.48 Å². The van der Waals surface area contributed by atoms with Crippen LogP contribution in [-0.2, 0) is 0 Å². The Bertz CT molecular complexity index is 286. The maximum Gasteiger partial charge on any atom is 0.305 e. The van der Waals surface area contributed by atoms with Gasteiger partial charge in [0.1, 0.15) is 12.0 Å². The zero-order valence-electron chi connectivity index (χ0n) is 6.78. The van der Waals surface area contributed by atoms with Gasteiger partial charge in [-0.1, -0.05) is 6.07 Å². The van der Waals surface area contributed by atoms with E-state index < -0.39 is 0 Å². The van der Waals surface area contributed by atoms with E-state index in [1.807, 2.05) is 0 Å². The Morgan fingerprint density at radius 3 is 2.83 bits per heavy atom. The molecule has 0 aliphatic rings. The van der Waals surface area contributed by atoms with E-state index in [0.717, 1.165) is 0 Å². The summed E-state index contributed by atoms with van der Waals surface area (Å²) in [6.45, 7) is 0. The topological polar surface area (TPSA) is 46.5 Å². The lowest BCUT2D eigenvalue weighted by Gasteiger charge is -2.02. The average molecular weight is 164 g/mol. The maximum atomic E-state index is 10.5. The minimum Gasteiger partial charge on any atom is -0.497 e. The molecular weight excluding hydrogens is 155 g/mol. The van der Waals surface area contributed by atoms with Crippen LogP contribution in [0.5, 0.6) is 5.75 Å². The molecule has 0 fully saturated rings. The lowest BCUT2D eigenvalue weighted by atomic mass is 9.85. The number of carbonyl (C=O) groups excluding carboxylic acids is 1. The fourth-order valence-corrected chi connectivity index (χ4v) is 0.954. The molecule has 12 heavy (non-hydrogen) atoms. The van der Waals surface area contributed by atoms with Gasteiger partial charge in [-0.2, -0.15) is 0 Å². The van der Waals surface area contributed by atoms with Gasteiger partial charge < -0.3 is 9.76 Å². The summed E-state index contributed by atoms with van der Waals surface area (Å²) >= 11 is 0. The maximum absolute atomic E-state index is 10.5. The molecule has 0 unspecified atom stereocenters. The van der Waals surface area contributed by atoms with Crippen LogP contribution in [0.1, 0.15) is 10.4 Å². The number of aldehydes is 1. The van der Waals surface area contributed by atoms with Gasteiger partial charge in [0, 0.05) is 5.56 Å². The predicted molar refractivity (Wildman–Crippen MR) is 47.4 cm³/mol. The molecule has 1 rings (SSSR count). The van der Waals surface area contributed by atoms with Gasteiger partial charge in [0.05, 0.1) is 7.11 Å². The summed E-state index contributed by atoms with van der Waals surface area (Å²) in [5, 5.41) is 8.81. The van der Waals surface area contributed by atoms with Crippen LogP contribution in [0, 0.1) is 0 Å². The van der Waals surface area contributed by atoms with Crippen LogP contribution < -0.4 is 10.2 Å². The van der Waals surface area contributed by atoms with E-state index in [9.17, 15) is 4.79 Å². The van der Waals surface area contributed by atoms with Crippen LogP contribution in [0.25, 0.3) is 0 Å². The minimum absolute atomic E-state index is 0.127. The molecule has 0 radical (unpaired) electrons. The molecule has 0 aromatic heterocycles. The van der Waals surface area contributed by atoms with Crippen molar-refractivity contribution < 1.29 is 14.6 Å². The number of carbonyl (C=O) groups is 1. The number of rotatable bonds is 3. The van der Waals surface area contributed by atoms with Gasteiger partial charge in [-0.3, -0.25) is 4.79 Å². The fourth-order valence-electron chi connectivity index (χ4n) is 0.954. The van der Waals surface area contributed by atoms with Crippen molar-refractivity contribution in [3.63, 3.8) is 0 Å². The van der Waals surface area contributed by atoms with Crippen LogP contribution in [0.2, 0.25) is 0 Å². The SMILES string of the molecule is COc1ccc(BO)c(C=O)c1. The molecule has 1 aromatic carbocycles. The second-order valence-corrected chi connectivity index (χ2v) is 2.34. The average Bonchev–Trinajstić information content (AvgIpc) is 2.16. The summed E-state index contributed by atoms with van der Waals surface area (Å²) in [6, 6.07) is 4.97. The first-order valence-corrected chi connectivity index (χ1v) is 3.54. The van der Waals surface area contributed by atoms with Gasteiger partial charge in [-0.05, 0) is 17.6 Å². The Labute approximate surface area is 71.3 Å². The number of ether oxygens (including phenoxy) is 1. The van der Waals surface area contributed by atoms with Crippen molar-refractivity contribution in [2.24, 2.45) is 0 Å². The summed E-state index contributed by atoms with van der Waals surface area (Å²) in [5.74, 6) is 0.620. The molecule has 3 nitrogen and oxygen atoms in total. The number of hydrogen-bond donors (Lipinski definition) is 1. The van der Waals surface area contributed by atoms with Gasteiger partial charge in [-0.15, -0.1) is 0 Å². The molecule has 0 saturated heterocycles. The predicted octanol–water partition coefficient (Wildman–Crippen LogP) is -0.523. The van der Waals surface area contributed by atoms with E-state index in [2.05, 4.69) is 0 Å². The molecule has 0 amide bonds. The highest BCUT2D eigenvalue weighted by molar-refractivity contribution is 6.47. The third-order valence-corrected chi connectivity index (χ3v) is 1.65. The van der Waals surface area contributed by atoms with E-state index in [1.165, 1.54) is 7.11 Å². The molecule has 4 heteroatoms. The van der Waals surface area contributed by atoms with Crippen LogP contribution in [0.15, 0.2) is 18.2 Å². The lowest BCUT2D eigenvalue weighted by Crippen LogP contribution is -2.18. The number of methoxy groups -OCH3 is 1. The molecule has 0 heterocycles. The molecule has 1 N–H and O–H groups in total. The van der Waals surface area contributed by atoms with Gasteiger partial charge in [0.15, 0.2) is 0 Å². The summed E-state index contributed by atoms with van der Waals surface area (Å²) in [5.41, 5.74) is 1.09. The van der Waals surface area contributed by atoms with Crippen molar-refractivity contribution in [2.45, 2.75) is 0 Å². The largest absolute Gasteiger partial charge is 0.497 e. The third-order valence-electron chi connectivity index (χ3n) is 1.65. The van der Waals surface area contributed by atoms with Crippen molar-refractivity contribution in [2.75, 3.05) is 7.11 Å². The Morgan fingerprint density at radius 1 is 1.58 bits per heavy atom. The van der Waals surface area contributed by atoms with Gasteiger partial charge >= 0.3 is 7.48 Å². The molecule has 0 saturated carbocycles. The smallest absolute Gasteiger partial charge is 0.305 e. The standard InChI is InChI=1S/C8H9BO3/c1-12-7-2-3-8(9-11)6(4-7)5-10/h2-5,9,11H,1H3. The summed E-state index contributed by atoms with van der Waals surface area (Å²) < 4.78 is 4.92. The van der Waals surface area contributed by atoms with Crippen molar-refractivity contribution in [3.8, 4) is 5.75 Å². The minimum atomic E-state index is -0.127. The van der Waals surface area contributed by atoms with E-state index in [1.54, 1.807) is 18.2 Å². The highest BCUT2D eigenvalue weighted by atomic mass is 16.5. The quantitative estimate of drug-likeness (QED) is 0.482. The fraction of sp³-hybridized carbons (Fsp3) is 0.125. The summed E-state index contributed by atoms with van der Waals surface area (Å²) in [6.07, 6.45) is 0.702. The molecule has 62 valence electrons. The Balaban J connectivity index is 3.10. The van der Waals surface area contributed by atoms with Crippen LogP contribution >= 0.6 is 0 Å². The van der Waals surface area contributed by atoms with Gasteiger partial charge in [0.2, 0.25) is 0 Å². The molecule has 1 aromatic rings. The normalized spacial score (nSPS) is 9.17. The zero-order valence-corrected chi connectivity index (χ0v) is 6.78. The highest BCUT2D eigenvalue weighted by Gasteiger charge is 2.02. The first-order chi connectivity index (χ1) is 5.81. The van der Waals surface area contributed by atoms with Crippen LogP contribution in [-0.4, -0.2) is 25.9 Å². The van der Waals surface area contributed by atoms with Crippen LogP contribution in [0.3, 0.4) is 0 Å². The Morgan fingerprint density at radius 2 is 2.33 bits per heavy atom. The highest BCUT2D eigenvalue weighted by Crippen LogP contribution is 2.08. The lowest BCUT2D eigenvalue weighted by molar-refractivity contribution is 0.112. The van der Waals surface area contributed by atoms with E-state index in [0.29, 0.717) is 23.1 Å². The Kier molecular flexibility index (Phi) is 2.88. The van der Waals surface area contributed by atoms with Crippen molar-refractivity contribution in [1.29, 1.82) is 0 Å². The second kappa shape index (κ2) is 3.92. The molecule has 0 spiro atoms. The van der Waals surface area contributed by atoms with Crippen molar-refractivity contribution >= 4 is 19.2 Å². The van der Waals surface area contributed by atoms with Gasteiger partial charge in [0.25, 0.3) is 0 Å². The third kappa shape index (κ3) is 1.65. The Hall–Kier alpha value is -1.29. The second-order valence-electron chi connectivity index (χ2n) is 2.34. The first-order valence-electron chi connectivity index (χ1n) is 3.54. The van der Waals surface area contributed by atoms with Gasteiger partial charge in [-0.25, -0.2) is 0 Å². The molecule has 0 bridgehead atoms. The first kappa shape index (κ1) is 8.81. The molecule has 0 aliphatic heterocycles. The van der Waals surface area contributed by atoms with E-state index >= 15 is 0 Å². The molecule has 0 aliphatic carbocycles. The summed E-state index contributed by atoms with van der Waals surface area (Å²) in [7, 11) is 1.40. The monoisotopic (exact) mass is 164 g/mol. The van der Waals surface area contributed by atoms with E-state index in [4.69, 9.17) is 9.76 Å². The molecular formula is C8H9BO3. The summed E-state index contributed by atoms with van der Waals surface area (Å²) in [4.78, 5) is 10.5. The number of benzene rings is 1. The number of hydrogen-bond acceptors (Lipinski definition) is 3. The van der Waals surface area contributed by atoms with Crippen molar-refractivity contribution in [3.05, 3.63) is 23.8 Å². The zero-order chi connectivity index (χ0) is 8.97. The van der Waals surface area contributed by atoms with Crippen molar-refractivity contribution in [1.82, 2.24) is 0 Å².